The van der Waals surface area contributed by atoms with Gasteiger partial charge in [0.15, 0.2) is 0 Å². The van der Waals surface area contributed by atoms with Crippen LogP contribution in [0.2, 0.25) is 0 Å². The molecule has 2 rings (SSSR count). The average molecular weight is 170 g/mol. The smallest absolute Gasteiger partial charge is 0.0706 e. The van der Waals surface area contributed by atoms with Crippen LogP contribution in [0.15, 0.2) is 0 Å². The zero-order valence-corrected chi connectivity index (χ0v) is 7.88. The van der Waals surface area contributed by atoms with Gasteiger partial charge in [-0.15, -0.1) is 0 Å². The summed E-state index contributed by atoms with van der Waals surface area (Å²) in [5, 5.41) is 20.0. The Morgan fingerprint density at radius 1 is 1.25 bits per heavy atom. The van der Waals surface area contributed by atoms with Crippen LogP contribution in [-0.2, 0) is 0 Å². The Kier molecular flexibility index (Phi) is 1.59. The molecule has 0 saturated heterocycles. The molecule has 0 aromatic rings. The second-order valence-corrected chi connectivity index (χ2v) is 5.22. The van der Waals surface area contributed by atoms with Crippen LogP contribution in [0.4, 0.5) is 0 Å². The molecule has 2 heteroatoms. The zero-order chi connectivity index (χ0) is 8.98. The molecule has 0 radical (unpaired) electrons. The maximum atomic E-state index is 10.2. The van der Waals surface area contributed by atoms with Gasteiger partial charge in [-0.25, -0.2) is 0 Å². The van der Waals surface area contributed by atoms with E-state index in [2.05, 4.69) is 6.92 Å². The van der Waals surface area contributed by atoms with E-state index in [-0.39, 0.29) is 0 Å². The fourth-order valence-electron chi connectivity index (χ4n) is 3.31. The molecule has 0 aromatic heterocycles. The number of rotatable bonds is 0. The molecular formula is C10H18O2. The third kappa shape index (κ3) is 1.17. The van der Waals surface area contributed by atoms with Crippen molar-refractivity contribution in [2.24, 2.45) is 11.8 Å². The highest BCUT2D eigenvalue weighted by Gasteiger charge is 2.54. The minimum atomic E-state index is -0.612. The maximum Gasteiger partial charge on any atom is 0.0706 e. The third-order valence-electron chi connectivity index (χ3n) is 3.52. The molecule has 2 N–H and O–H groups in total. The van der Waals surface area contributed by atoms with Crippen molar-refractivity contribution in [3.05, 3.63) is 0 Å². The fraction of sp³-hybridized carbons (Fsp3) is 1.00. The molecule has 0 aliphatic heterocycles. The number of hydrogen-bond acceptors (Lipinski definition) is 2. The summed E-state index contributed by atoms with van der Waals surface area (Å²) in [4.78, 5) is 0. The van der Waals surface area contributed by atoms with E-state index in [1.807, 2.05) is 6.92 Å². The molecule has 2 unspecified atom stereocenters. The molecule has 0 aromatic carbocycles. The summed E-state index contributed by atoms with van der Waals surface area (Å²) >= 11 is 0. The van der Waals surface area contributed by atoms with Crippen molar-refractivity contribution in [3.8, 4) is 0 Å². The first-order chi connectivity index (χ1) is 5.41. The predicted molar refractivity (Wildman–Crippen MR) is 46.7 cm³/mol. The average Bonchev–Trinajstić information content (AvgIpc) is 2.11. The highest BCUT2D eigenvalue weighted by molar-refractivity contribution is 5.06. The van der Waals surface area contributed by atoms with Gasteiger partial charge in [-0.05, 0) is 38.0 Å². The van der Waals surface area contributed by atoms with E-state index >= 15 is 0 Å². The lowest BCUT2D eigenvalue weighted by atomic mass is 9.94. The van der Waals surface area contributed by atoms with Crippen LogP contribution >= 0.6 is 0 Å². The van der Waals surface area contributed by atoms with Gasteiger partial charge in [0.05, 0.1) is 11.2 Å². The monoisotopic (exact) mass is 170 g/mol. The molecule has 70 valence electrons. The summed E-state index contributed by atoms with van der Waals surface area (Å²) in [7, 11) is 0. The van der Waals surface area contributed by atoms with Gasteiger partial charge in [0.2, 0.25) is 0 Å². The van der Waals surface area contributed by atoms with E-state index in [1.165, 1.54) is 0 Å². The number of fused-ring (bicyclic) bond motifs is 1. The Bertz CT molecular complexity index is 200. The minimum Gasteiger partial charge on any atom is -0.390 e. The summed E-state index contributed by atoms with van der Waals surface area (Å²) in [6, 6.07) is 0. The minimum absolute atomic E-state index is 0.350. The lowest BCUT2D eigenvalue weighted by Gasteiger charge is -2.23. The van der Waals surface area contributed by atoms with Gasteiger partial charge in [-0.2, -0.15) is 0 Å². The molecule has 2 saturated carbocycles. The number of aliphatic hydroxyl groups is 2. The van der Waals surface area contributed by atoms with E-state index in [0.717, 1.165) is 19.3 Å². The summed E-state index contributed by atoms with van der Waals surface area (Å²) in [5.41, 5.74) is -1.15. The Morgan fingerprint density at radius 3 is 2.50 bits per heavy atom. The molecule has 2 fully saturated rings. The van der Waals surface area contributed by atoms with E-state index in [0.29, 0.717) is 18.3 Å². The summed E-state index contributed by atoms with van der Waals surface area (Å²) < 4.78 is 0. The quantitative estimate of drug-likeness (QED) is 0.575. The Labute approximate surface area is 73.6 Å². The largest absolute Gasteiger partial charge is 0.390 e. The zero-order valence-electron chi connectivity index (χ0n) is 7.88. The van der Waals surface area contributed by atoms with Gasteiger partial charge in [-0.1, -0.05) is 6.92 Å². The molecule has 12 heavy (non-hydrogen) atoms. The highest BCUT2D eigenvalue weighted by atomic mass is 16.3. The predicted octanol–water partition coefficient (Wildman–Crippen LogP) is 1.31. The maximum absolute atomic E-state index is 10.2. The Hall–Kier alpha value is -0.0800. The van der Waals surface area contributed by atoms with Crippen LogP contribution in [0, 0.1) is 11.8 Å². The molecule has 2 aliphatic carbocycles. The van der Waals surface area contributed by atoms with Gasteiger partial charge in [-0.3, -0.25) is 0 Å². The van der Waals surface area contributed by atoms with Crippen molar-refractivity contribution in [1.82, 2.24) is 0 Å². The van der Waals surface area contributed by atoms with Crippen LogP contribution in [0.1, 0.15) is 39.5 Å². The molecule has 0 spiro atoms. The summed E-state index contributed by atoms with van der Waals surface area (Å²) in [5.74, 6) is 0.985. The SMILES string of the molecule is CC1CC2C[C@@](C)(O)C[C@]2(O)C1. The summed E-state index contributed by atoms with van der Waals surface area (Å²) in [6.07, 6.45) is 3.34. The van der Waals surface area contributed by atoms with Crippen molar-refractivity contribution in [2.45, 2.75) is 50.7 Å². The van der Waals surface area contributed by atoms with Crippen LogP contribution in [0.3, 0.4) is 0 Å². The topological polar surface area (TPSA) is 40.5 Å². The Morgan fingerprint density at radius 2 is 1.92 bits per heavy atom. The molecule has 0 bridgehead atoms. The van der Waals surface area contributed by atoms with E-state index in [9.17, 15) is 10.2 Å². The van der Waals surface area contributed by atoms with Gasteiger partial charge < -0.3 is 10.2 Å². The van der Waals surface area contributed by atoms with Crippen LogP contribution in [-0.4, -0.2) is 21.4 Å². The first-order valence-corrected chi connectivity index (χ1v) is 4.86. The second-order valence-electron chi connectivity index (χ2n) is 5.22. The second kappa shape index (κ2) is 2.24. The van der Waals surface area contributed by atoms with Crippen molar-refractivity contribution in [3.63, 3.8) is 0 Å². The molecule has 0 heterocycles. The molecule has 0 amide bonds. The van der Waals surface area contributed by atoms with Gasteiger partial charge in [0.1, 0.15) is 0 Å². The van der Waals surface area contributed by atoms with Crippen molar-refractivity contribution in [2.75, 3.05) is 0 Å². The molecule has 2 nitrogen and oxygen atoms in total. The first-order valence-electron chi connectivity index (χ1n) is 4.86. The Balaban J connectivity index is 2.17. The molecule has 4 atom stereocenters. The summed E-state index contributed by atoms with van der Waals surface area (Å²) in [6.45, 7) is 4.03. The van der Waals surface area contributed by atoms with E-state index in [1.54, 1.807) is 0 Å². The van der Waals surface area contributed by atoms with Crippen LogP contribution in [0.5, 0.6) is 0 Å². The number of hydrogen-bond donors (Lipinski definition) is 2. The standard InChI is InChI=1S/C10H18O2/c1-7-3-8-5-9(2,11)6-10(8,12)4-7/h7-8,11-12H,3-6H2,1-2H3/t7?,8?,9-,10-/m1/s1. The normalized spacial score (nSPS) is 59.0. The highest BCUT2D eigenvalue weighted by Crippen LogP contribution is 2.53. The van der Waals surface area contributed by atoms with Gasteiger partial charge in [0.25, 0.3) is 0 Å². The first kappa shape index (κ1) is 8.52. The van der Waals surface area contributed by atoms with E-state index in [4.69, 9.17) is 0 Å². The third-order valence-corrected chi connectivity index (χ3v) is 3.52. The van der Waals surface area contributed by atoms with Crippen molar-refractivity contribution in [1.29, 1.82) is 0 Å². The van der Waals surface area contributed by atoms with Gasteiger partial charge in [0, 0.05) is 6.42 Å². The van der Waals surface area contributed by atoms with Crippen molar-refractivity contribution >= 4 is 0 Å². The van der Waals surface area contributed by atoms with E-state index < -0.39 is 11.2 Å². The molecule has 2 aliphatic rings. The fourth-order valence-corrected chi connectivity index (χ4v) is 3.31. The lowest BCUT2D eigenvalue weighted by molar-refractivity contribution is -0.00830. The van der Waals surface area contributed by atoms with Crippen molar-refractivity contribution < 1.29 is 10.2 Å². The van der Waals surface area contributed by atoms with Gasteiger partial charge >= 0.3 is 0 Å². The molecular weight excluding hydrogens is 152 g/mol. The van der Waals surface area contributed by atoms with Crippen LogP contribution in [0.25, 0.3) is 0 Å². The van der Waals surface area contributed by atoms with Crippen LogP contribution < -0.4 is 0 Å². The lowest BCUT2D eigenvalue weighted by Crippen LogP contribution is -2.30.